The zero-order valence-electron chi connectivity index (χ0n) is 17.2. The number of rotatable bonds is 6. The molecule has 1 atom stereocenters. The number of nitrogens with zero attached hydrogens (tertiary/aromatic N) is 2. The number of anilines is 1. The van der Waals surface area contributed by atoms with Gasteiger partial charge >= 0.3 is 6.09 Å². The molecule has 0 bridgehead atoms. The molecule has 0 fully saturated rings. The fraction of sp³-hybridized carbons (Fsp3) is 0.381. The number of alkyl carbamates (subject to hydrolysis) is 1. The fourth-order valence-corrected chi connectivity index (χ4v) is 3.99. The second kappa shape index (κ2) is 9.06. The van der Waals surface area contributed by atoms with E-state index >= 15 is 0 Å². The van der Waals surface area contributed by atoms with Crippen molar-refractivity contribution < 1.29 is 13.9 Å². The highest BCUT2D eigenvalue weighted by molar-refractivity contribution is 9.10. The molecular formula is C21H23BrN4O3S. The number of halogens is 1. The van der Waals surface area contributed by atoms with Gasteiger partial charge in [-0.2, -0.15) is 5.26 Å². The first-order chi connectivity index (χ1) is 14.2. The van der Waals surface area contributed by atoms with Crippen LogP contribution in [0.2, 0.25) is 0 Å². The Bertz CT molecular complexity index is 1080. The molecule has 30 heavy (non-hydrogen) atoms. The second-order valence-electron chi connectivity index (χ2n) is 7.87. The predicted octanol–water partition coefficient (Wildman–Crippen LogP) is 5.59. The molecule has 9 heteroatoms. The summed E-state index contributed by atoms with van der Waals surface area (Å²) in [5.74, 6) is 0.635. The number of hydrogen-bond acceptors (Lipinski definition) is 7. The summed E-state index contributed by atoms with van der Waals surface area (Å²) in [5.41, 5.74) is 1.57. The first kappa shape index (κ1) is 22.1. The second-order valence-corrected chi connectivity index (χ2v) is 9.69. The summed E-state index contributed by atoms with van der Waals surface area (Å²) in [7, 11) is 0. The smallest absolute Gasteiger partial charge is 0.407 e. The van der Waals surface area contributed by atoms with Gasteiger partial charge in [-0.1, -0.05) is 6.07 Å². The van der Waals surface area contributed by atoms with Gasteiger partial charge in [0, 0.05) is 30.0 Å². The molecule has 7 nitrogen and oxygen atoms in total. The molecule has 2 N–H and O–H groups in total. The Labute approximate surface area is 187 Å². The van der Waals surface area contributed by atoms with E-state index in [9.17, 15) is 10.1 Å². The highest BCUT2D eigenvalue weighted by Gasteiger charge is 2.22. The molecule has 3 rings (SSSR count). The number of furan rings is 1. The third-order valence-corrected chi connectivity index (χ3v) is 5.75. The van der Waals surface area contributed by atoms with Crippen molar-refractivity contribution >= 4 is 50.1 Å². The lowest BCUT2D eigenvalue weighted by atomic mass is 10.2. The molecule has 1 amide bonds. The number of pyridine rings is 1. The minimum absolute atomic E-state index is 0.227. The average molecular weight is 491 g/mol. The zero-order chi connectivity index (χ0) is 21.9. The lowest BCUT2D eigenvalue weighted by Crippen LogP contribution is -2.38. The maximum atomic E-state index is 12.0. The lowest BCUT2D eigenvalue weighted by Gasteiger charge is -2.21. The standard InChI is InChI=1S/C21H23BrN4O3S/c1-12(25-20(27)29-21(2,3)4)8-16-17(22)18-19(28-16)15(9-13(10-23)26-18)24-11-14-6-5-7-30-14/h5-7,9,12H,8,11H2,1-4H3,(H,24,26)(H,25,27)/t12-/m0/s1. The normalized spacial score (nSPS) is 12.4. The van der Waals surface area contributed by atoms with Crippen molar-refractivity contribution in [2.24, 2.45) is 0 Å². The Hall–Kier alpha value is -2.57. The Balaban J connectivity index is 1.82. The van der Waals surface area contributed by atoms with Crippen LogP contribution in [0.4, 0.5) is 10.5 Å². The summed E-state index contributed by atoms with van der Waals surface area (Å²) < 4.78 is 12.1. The van der Waals surface area contributed by atoms with Crippen molar-refractivity contribution in [3.05, 3.63) is 44.4 Å². The summed E-state index contributed by atoms with van der Waals surface area (Å²) in [6.07, 6.45) is -0.0481. The molecule has 0 spiro atoms. The molecule has 3 aromatic rings. The maximum Gasteiger partial charge on any atom is 0.407 e. The van der Waals surface area contributed by atoms with E-state index in [0.29, 0.717) is 45.7 Å². The van der Waals surface area contributed by atoms with Gasteiger partial charge < -0.3 is 19.8 Å². The molecule has 0 unspecified atom stereocenters. The highest BCUT2D eigenvalue weighted by atomic mass is 79.9. The molecule has 0 radical (unpaired) electrons. The molecule has 3 heterocycles. The molecule has 0 aliphatic rings. The first-order valence-corrected chi connectivity index (χ1v) is 11.1. The monoisotopic (exact) mass is 490 g/mol. The Morgan fingerprint density at radius 3 is 2.87 bits per heavy atom. The van der Waals surface area contributed by atoms with Crippen LogP contribution in [0.15, 0.2) is 32.5 Å². The Kier molecular flexibility index (Phi) is 6.68. The van der Waals surface area contributed by atoms with Crippen molar-refractivity contribution in [3.63, 3.8) is 0 Å². The van der Waals surface area contributed by atoms with Crippen molar-refractivity contribution in [2.75, 3.05) is 5.32 Å². The van der Waals surface area contributed by atoms with Gasteiger partial charge in [-0.05, 0) is 55.1 Å². The topological polar surface area (TPSA) is 100 Å². The van der Waals surface area contributed by atoms with Crippen LogP contribution in [0.5, 0.6) is 0 Å². The van der Waals surface area contributed by atoms with E-state index in [0.717, 1.165) is 0 Å². The molecule has 0 saturated carbocycles. The number of aromatic nitrogens is 1. The predicted molar refractivity (Wildman–Crippen MR) is 121 cm³/mol. The largest absolute Gasteiger partial charge is 0.456 e. The summed E-state index contributed by atoms with van der Waals surface area (Å²) in [4.78, 5) is 17.6. The van der Waals surface area contributed by atoms with Crippen LogP contribution < -0.4 is 10.6 Å². The summed E-state index contributed by atoms with van der Waals surface area (Å²) in [6, 6.07) is 7.57. The van der Waals surface area contributed by atoms with Crippen LogP contribution in [0, 0.1) is 11.3 Å². The molecule has 3 aromatic heterocycles. The SMILES string of the molecule is C[C@@H](Cc1oc2c(NCc3cccs3)cc(C#N)nc2c1Br)NC(=O)OC(C)(C)C. The summed E-state index contributed by atoms with van der Waals surface area (Å²) >= 11 is 5.20. The number of nitrogens with one attached hydrogen (secondary N) is 2. The first-order valence-electron chi connectivity index (χ1n) is 9.44. The number of fused-ring (bicyclic) bond motifs is 1. The minimum atomic E-state index is -0.565. The van der Waals surface area contributed by atoms with Crippen LogP contribution in [0.25, 0.3) is 11.1 Å². The van der Waals surface area contributed by atoms with Gasteiger partial charge in [-0.3, -0.25) is 0 Å². The fourth-order valence-electron chi connectivity index (χ4n) is 2.84. The van der Waals surface area contributed by atoms with E-state index in [-0.39, 0.29) is 6.04 Å². The quantitative estimate of drug-likeness (QED) is 0.466. The van der Waals surface area contributed by atoms with Crippen LogP contribution in [0.3, 0.4) is 0 Å². The van der Waals surface area contributed by atoms with Gasteiger partial charge in [0.05, 0.1) is 10.2 Å². The van der Waals surface area contributed by atoms with Crippen LogP contribution in [-0.2, 0) is 17.7 Å². The van der Waals surface area contributed by atoms with Gasteiger partial charge in [0.2, 0.25) is 0 Å². The minimum Gasteiger partial charge on any atom is -0.456 e. The van der Waals surface area contributed by atoms with E-state index < -0.39 is 11.7 Å². The van der Waals surface area contributed by atoms with Gasteiger partial charge in [-0.15, -0.1) is 11.3 Å². The van der Waals surface area contributed by atoms with Crippen LogP contribution in [0.1, 0.15) is 44.0 Å². The number of amides is 1. The van der Waals surface area contributed by atoms with Crippen LogP contribution >= 0.6 is 27.3 Å². The molecule has 0 aromatic carbocycles. The van der Waals surface area contributed by atoms with Crippen molar-refractivity contribution in [1.82, 2.24) is 10.3 Å². The zero-order valence-corrected chi connectivity index (χ0v) is 19.6. The van der Waals surface area contributed by atoms with E-state index in [1.165, 1.54) is 4.88 Å². The van der Waals surface area contributed by atoms with Crippen molar-refractivity contribution in [2.45, 2.75) is 52.3 Å². The van der Waals surface area contributed by atoms with Crippen LogP contribution in [-0.4, -0.2) is 22.7 Å². The van der Waals surface area contributed by atoms with Crippen molar-refractivity contribution in [3.8, 4) is 6.07 Å². The van der Waals surface area contributed by atoms with Crippen molar-refractivity contribution in [1.29, 1.82) is 5.26 Å². The number of thiophene rings is 1. The third kappa shape index (κ3) is 5.52. The highest BCUT2D eigenvalue weighted by Crippen LogP contribution is 2.35. The molecular weight excluding hydrogens is 468 g/mol. The van der Waals surface area contributed by atoms with E-state index in [4.69, 9.17) is 9.15 Å². The molecule has 0 aliphatic heterocycles. The maximum absolute atomic E-state index is 12.0. The van der Waals surface area contributed by atoms with E-state index in [2.05, 4.69) is 37.6 Å². The van der Waals surface area contributed by atoms with Gasteiger partial charge in [0.25, 0.3) is 0 Å². The van der Waals surface area contributed by atoms with Gasteiger partial charge in [0.15, 0.2) is 5.58 Å². The molecule has 0 saturated heterocycles. The number of carbonyl (C=O) groups is 1. The lowest BCUT2D eigenvalue weighted by molar-refractivity contribution is 0.0507. The van der Waals surface area contributed by atoms with E-state index in [1.807, 2.05) is 45.2 Å². The molecule has 158 valence electrons. The molecule has 0 aliphatic carbocycles. The third-order valence-electron chi connectivity index (χ3n) is 4.05. The summed E-state index contributed by atoms with van der Waals surface area (Å²) in [6.45, 7) is 7.93. The summed E-state index contributed by atoms with van der Waals surface area (Å²) in [5, 5.41) is 17.5. The van der Waals surface area contributed by atoms with Gasteiger partial charge in [-0.25, -0.2) is 9.78 Å². The Morgan fingerprint density at radius 2 is 2.23 bits per heavy atom. The number of carbonyl (C=O) groups excluding carboxylic acids is 1. The van der Waals surface area contributed by atoms with E-state index in [1.54, 1.807) is 17.4 Å². The Morgan fingerprint density at radius 1 is 1.47 bits per heavy atom. The number of hydrogen-bond donors (Lipinski definition) is 2. The number of nitriles is 1. The van der Waals surface area contributed by atoms with Gasteiger partial charge in [0.1, 0.15) is 28.6 Å². The average Bonchev–Trinajstić information content (AvgIpc) is 3.27. The number of ether oxygens (including phenoxy) is 1.